The lowest BCUT2D eigenvalue weighted by atomic mass is 10.2. The van der Waals surface area contributed by atoms with Gasteiger partial charge in [-0.15, -0.1) is 11.8 Å². The summed E-state index contributed by atoms with van der Waals surface area (Å²) >= 11 is 1.36. The molecular weight excluding hydrogens is 280 g/mol. The van der Waals surface area contributed by atoms with E-state index in [9.17, 15) is 14.7 Å². The van der Waals surface area contributed by atoms with Crippen molar-refractivity contribution < 1.29 is 19.4 Å². The van der Waals surface area contributed by atoms with E-state index in [1.54, 1.807) is 9.80 Å². The lowest BCUT2D eigenvalue weighted by Gasteiger charge is -2.27. The number of hydrogen-bond donors (Lipinski definition) is 1. The third-order valence-electron chi connectivity index (χ3n) is 3.72. The van der Waals surface area contributed by atoms with Crippen LogP contribution in [0.1, 0.15) is 12.8 Å². The molecule has 20 heavy (non-hydrogen) atoms. The van der Waals surface area contributed by atoms with Crippen molar-refractivity contribution in [2.24, 2.45) is 0 Å². The summed E-state index contributed by atoms with van der Waals surface area (Å²) in [7, 11) is 0. The minimum Gasteiger partial charge on any atom is -0.394 e. The summed E-state index contributed by atoms with van der Waals surface area (Å²) in [6.07, 6.45) is 1.83. The highest BCUT2D eigenvalue weighted by molar-refractivity contribution is 8.00. The van der Waals surface area contributed by atoms with Gasteiger partial charge in [0.2, 0.25) is 11.8 Å². The zero-order chi connectivity index (χ0) is 14.4. The van der Waals surface area contributed by atoms with Crippen molar-refractivity contribution in [3.63, 3.8) is 0 Å². The Morgan fingerprint density at radius 2 is 1.85 bits per heavy atom. The molecule has 0 aromatic rings. The maximum absolute atomic E-state index is 12.0. The van der Waals surface area contributed by atoms with Crippen LogP contribution in [0.5, 0.6) is 0 Å². The Morgan fingerprint density at radius 1 is 1.15 bits per heavy atom. The third-order valence-corrected chi connectivity index (χ3v) is 4.63. The molecule has 114 valence electrons. The first kappa shape index (κ1) is 15.6. The lowest BCUT2D eigenvalue weighted by Crippen LogP contribution is -2.42. The molecule has 6 nitrogen and oxygen atoms in total. The third kappa shape index (κ3) is 4.10. The minimum absolute atomic E-state index is 0.0290. The molecule has 2 amide bonds. The van der Waals surface area contributed by atoms with Crippen LogP contribution in [0.4, 0.5) is 0 Å². The van der Waals surface area contributed by atoms with Crippen LogP contribution in [0, 0.1) is 0 Å². The lowest BCUT2D eigenvalue weighted by molar-refractivity contribution is -0.132. The van der Waals surface area contributed by atoms with Crippen LogP contribution in [0.15, 0.2) is 0 Å². The average Bonchev–Trinajstić information content (AvgIpc) is 2.96. The normalized spacial score (nSPS) is 23.1. The van der Waals surface area contributed by atoms with Crippen LogP contribution in [-0.4, -0.2) is 83.7 Å². The molecule has 0 aliphatic carbocycles. The largest absolute Gasteiger partial charge is 0.394 e. The van der Waals surface area contributed by atoms with E-state index in [0.717, 1.165) is 19.4 Å². The van der Waals surface area contributed by atoms with Gasteiger partial charge in [0.15, 0.2) is 0 Å². The Balaban J connectivity index is 1.67. The van der Waals surface area contributed by atoms with E-state index in [2.05, 4.69) is 0 Å². The predicted octanol–water partition coefficient (Wildman–Crippen LogP) is -0.438. The van der Waals surface area contributed by atoms with Crippen molar-refractivity contribution in [2.45, 2.75) is 18.9 Å². The van der Waals surface area contributed by atoms with Gasteiger partial charge in [-0.3, -0.25) is 9.59 Å². The van der Waals surface area contributed by atoms with Gasteiger partial charge in [0, 0.05) is 19.6 Å². The van der Waals surface area contributed by atoms with Gasteiger partial charge in [-0.1, -0.05) is 0 Å². The van der Waals surface area contributed by atoms with E-state index in [4.69, 9.17) is 4.74 Å². The standard InChI is InChI=1S/C13H22N2O4S/c16-8-11-2-1-3-15(11)13(18)10-20-9-12(17)14-4-6-19-7-5-14/h11,16H,1-10H2/t11-/m1/s1. The molecule has 2 aliphatic heterocycles. The Labute approximate surface area is 123 Å². The zero-order valence-corrected chi connectivity index (χ0v) is 12.4. The molecule has 0 spiro atoms. The number of hydrogen-bond acceptors (Lipinski definition) is 5. The number of likely N-dealkylation sites (tertiary alicyclic amines) is 1. The van der Waals surface area contributed by atoms with Crippen molar-refractivity contribution in [1.82, 2.24) is 9.80 Å². The van der Waals surface area contributed by atoms with Gasteiger partial charge in [0.05, 0.1) is 37.4 Å². The average molecular weight is 302 g/mol. The maximum atomic E-state index is 12.0. The summed E-state index contributed by atoms with van der Waals surface area (Å²) in [5.74, 6) is 0.753. The minimum atomic E-state index is -0.0296. The zero-order valence-electron chi connectivity index (χ0n) is 11.6. The summed E-state index contributed by atoms with van der Waals surface area (Å²) in [5.41, 5.74) is 0. The first-order chi connectivity index (χ1) is 9.72. The van der Waals surface area contributed by atoms with E-state index >= 15 is 0 Å². The first-order valence-corrected chi connectivity index (χ1v) is 8.21. The summed E-state index contributed by atoms with van der Waals surface area (Å²) in [6.45, 7) is 3.24. The quantitative estimate of drug-likeness (QED) is 0.746. The maximum Gasteiger partial charge on any atom is 0.232 e. The Bertz CT molecular complexity index is 347. The number of aliphatic hydroxyl groups is 1. The van der Waals surface area contributed by atoms with Crippen LogP contribution in [0.3, 0.4) is 0 Å². The van der Waals surface area contributed by atoms with E-state index in [-0.39, 0.29) is 24.5 Å². The molecule has 2 fully saturated rings. The van der Waals surface area contributed by atoms with Gasteiger partial charge in [0.25, 0.3) is 0 Å². The number of carbonyl (C=O) groups excluding carboxylic acids is 2. The van der Waals surface area contributed by atoms with Gasteiger partial charge in [-0.2, -0.15) is 0 Å². The fourth-order valence-corrected chi connectivity index (χ4v) is 3.37. The first-order valence-electron chi connectivity index (χ1n) is 7.06. The molecule has 2 rings (SSSR count). The monoisotopic (exact) mass is 302 g/mol. The molecule has 2 aliphatic rings. The molecule has 1 atom stereocenters. The van der Waals surface area contributed by atoms with Gasteiger partial charge in [0.1, 0.15) is 0 Å². The number of amides is 2. The summed E-state index contributed by atoms with van der Waals surface area (Å²) < 4.78 is 5.20. The summed E-state index contributed by atoms with van der Waals surface area (Å²) in [4.78, 5) is 27.5. The van der Waals surface area contributed by atoms with Crippen LogP contribution in [0.2, 0.25) is 0 Å². The number of rotatable bonds is 5. The van der Waals surface area contributed by atoms with Crippen molar-refractivity contribution in [2.75, 3.05) is 51.0 Å². The Kier molecular flexibility index (Phi) is 6.12. The summed E-state index contributed by atoms with van der Waals surface area (Å²) in [6, 6.07) is -0.0296. The number of carbonyl (C=O) groups is 2. The smallest absolute Gasteiger partial charge is 0.232 e. The second-order valence-corrected chi connectivity index (χ2v) is 6.04. The Morgan fingerprint density at radius 3 is 2.55 bits per heavy atom. The van der Waals surface area contributed by atoms with Gasteiger partial charge in [-0.25, -0.2) is 0 Å². The second-order valence-electron chi connectivity index (χ2n) is 5.05. The second kappa shape index (κ2) is 7.85. The number of aliphatic hydroxyl groups excluding tert-OH is 1. The molecule has 0 radical (unpaired) electrons. The molecule has 0 aromatic heterocycles. The molecule has 0 saturated carbocycles. The van der Waals surface area contributed by atoms with Crippen molar-refractivity contribution in [3.8, 4) is 0 Å². The highest BCUT2D eigenvalue weighted by atomic mass is 32.2. The number of thioether (sulfide) groups is 1. The highest BCUT2D eigenvalue weighted by Gasteiger charge is 2.28. The van der Waals surface area contributed by atoms with E-state index in [1.807, 2.05) is 0 Å². The van der Waals surface area contributed by atoms with E-state index in [1.165, 1.54) is 11.8 Å². The van der Waals surface area contributed by atoms with Crippen molar-refractivity contribution in [1.29, 1.82) is 0 Å². The molecule has 0 bridgehead atoms. The fourth-order valence-electron chi connectivity index (χ4n) is 2.57. The van der Waals surface area contributed by atoms with Crippen LogP contribution in [0.25, 0.3) is 0 Å². The molecular formula is C13H22N2O4S. The van der Waals surface area contributed by atoms with Crippen molar-refractivity contribution in [3.05, 3.63) is 0 Å². The summed E-state index contributed by atoms with van der Waals surface area (Å²) in [5, 5.41) is 9.20. The van der Waals surface area contributed by atoms with Crippen LogP contribution >= 0.6 is 11.8 Å². The van der Waals surface area contributed by atoms with Crippen LogP contribution < -0.4 is 0 Å². The molecule has 2 saturated heterocycles. The number of morpholine rings is 1. The predicted molar refractivity (Wildman–Crippen MR) is 76.5 cm³/mol. The highest BCUT2D eigenvalue weighted by Crippen LogP contribution is 2.18. The molecule has 1 N–H and O–H groups in total. The van der Waals surface area contributed by atoms with E-state index < -0.39 is 0 Å². The van der Waals surface area contributed by atoms with Gasteiger partial charge in [-0.05, 0) is 12.8 Å². The van der Waals surface area contributed by atoms with Gasteiger partial charge >= 0.3 is 0 Å². The number of ether oxygens (including phenoxy) is 1. The Hall–Kier alpha value is -0.790. The molecule has 2 heterocycles. The molecule has 7 heteroatoms. The number of nitrogens with zero attached hydrogens (tertiary/aromatic N) is 2. The van der Waals surface area contributed by atoms with Crippen molar-refractivity contribution >= 4 is 23.6 Å². The van der Waals surface area contributed by atoms with E-state index in [0.29, 0.717) is 37.8 Å². The van der Waals surface area contributed by atoms with Gasteiger partial charge < -0.3 is 19.6 Å². The fraction of sp³-hybridized carbons (Fsp3) is 0.846. The SMILES string of the molecule is O=C(CSCC(=O)N1CCC[C@@H]1CO)N1CCOCC1. The van der Waals surface area contributed by atoms with Crippen LogP contribution in [-0.2, 0) is 14.3 Å². The topological polar surface area (TPSA) is 70.1 Å². The molecule has 0 aromatic carbocycles. The molecule has 0 unspecified atom stereocenters.